The van der Waals surface area contributed by atoms with Crippen LogP contribution in [0.3, 0.4) is 0 Å². The van der Waals surface area contributed by atoms with Crippen molar-refractivity contribution in [3.63, 3.8) is 0 Å². The highest BCUT2D eigenvalue weighted by Crippen LogP contribution is 1.55. The van der Waals surface area contributed by atoms with E-state index in [0.717, 1.165) is 0 Å². The first-order chi connectivity index (χ1) is 1.73. The Morgan fingerprint density at radius 1 is 1.50 bits per heavy atom. The van der Waals surface area contributed by atoms with Gasteiger partial charge in [-0.2, -0.15) is 0 Å². The van der Waals surface area contributed by atoms with Gasteiger partial charge in [-0.15, -0.1) is 11.1 Å². The summed E-state index contributed by atoms with van der Waals surface area (Å²) in [6.07, 6.45) is 0. The minimum atomic E-state index is -1.41. The molecule has 0 bridgehead atoms. The zero-order chi connectivity index (χ0) is 3.58. The SMILES string of the molecule is N[Si](N)Cl. The van der Waals surface area contributed by atoms with Gasteiger partial charge >= 0.3 is 8.43 Å². The second-order valence-electron chi connectivity index (χ2n) is 0.385. The lowest BCUT2D eigenvalue weighted by Gasteiger charge is -1.72. The zero-order valence-electron chi connectivity index (χ0n) is 2.03. The average Bonchev–Trinajstić information content (AvgIpc) is 0.811. The lowest BCUT2D eigenvalue weighted by Crippen LogP contribution is -2.29. The van der Waals surface area contributed by atoms with Gasteiger partial charge in [0.1, 0.15) is 0 Å². The standard InChI is InChI=1S/ClH4N2Si/c1-4(2)3/h2-3H2. The normalized spacial score (nSPS) is 9.00. The summed E-state index contributed by atoms with van der Waals surface area (Å²) in [5.41, 5.74) is 0. The van der Waals surface area contributed by atoms with Crippen molar-refractivity contribution in [2.45, 2.75) is 0 Å². The summed E-state index contributed by atoms with van der Waals surface area (Å²) in [4.78, 5) is 0. The van der Waals surface area contributed by atoms with Crippen molar-refractivity contribution in [1.82, 2.24) is 0 Å². The van der Waals surface area contributed by atoms with Gasteiger partial charge in [0.05, 0.1) is 0 Å². The molecule has 2 nitrogen and oxygen atoms in total. The van der Waals surface area contributed by atoms with Crippen LogP contribution in [0.15, 0.2) is 0 Å². The second-order valence-corrected chi connectivity index (χ2v) is 2.46. The van der Waals surface area contributed by atoms with Crippen molar-refractivity contribution in [1.29, 1.82) is 0 Å². The third-order valence-corrected chi connectivity index (χ3v) is 0. The van der Waals surface area contributed by atoms with Crippen LogP contribution in [0.2, 0.25) is 0 Å². The van der Waals surface area contributed by atoms with Crippen LogP contribution in [0, 0.1) is 0 Å². The van der Waals surface area contributed by atoms with Crippen molar-refractivity contribution in [3.05, 3.63) is 0 Å². The van der Waals surface area contributed by atoms with Crippen LogP contribution in [0.5, 0.6) is 0 Å². The highest BCUT2D eigenvalue weighted by molar-refractivity contribution is 7.03. The van der Waals surface area contributed by atoms with Gasteiger partial charge in [0, 0.05) is 0 Å². The topological polar surface area (TPSA) is 52.0 Å². The molecule has 0 fully saturated rings. The average molecular weight is 95.6 g/mol. The van der Waals surface area contributed by atoms with Gasteiger partial charge in [-0.25, -0.2) is 0 Å². The lowest BCUT2D eigenvalue weighted by molar-refractivity contribution is 1.73. The quantitative estimate of drug-likeness (QED) is 0.304. The minimum Gasteiger partial charge on any atom is -0.327 e. The Morgan fingerprint density at radius 2 is 1.50 bits per heavy atom. The van der Waals surface area contributed by atoms with E-state index in [4.69, 9.17) is 21.9 Å². The van der Waals surface area contributed by atoms with Crippen LogP contribution >= 0.6 is 11.1 Å². The van der Waals surface area contributed by atoms with E-state index in [9.17, 15) is 0 Å². The molecule has 0 aliphatic heterocycles. The lowest BCUT2D eigenvalue weighted by atomic mass is 13.9. The van der Waals surface area contributed by atoms with Crippen LogP contribution in [0.25, 0.3) is 0 Å². The Bertz CT molecular complexity index is 10.8. The molecule has 0 rings (SSSR count). The first kappa shape index (κ1) is 4.43. The molecule has 0 atom stereocenters. The molecule has 0 saturated heterocycles. The molecule has 0 saturated carbocycles. The molecule has 0 aliphatic rings. The number of hydrogen-bond donors (Lipinski definition) is 2. The summed E-state index contributed by atoms with van der Waals surface area (Å²) in [6.45, 7) is 0. The highest BCUT2D eigenvalue weighted by Gasteiger charge is 1.80. The van der Waals surface area contributed by atoms with Crippen molar-refractivity contribution in [2.75, 3.05) is 0 Å². The van der Waals surface area contributed by atoms with E-state index in [1.165, 1.54) is 0 Å². The highest BCUT2D eigenvalue weighted by atomic mass is 35.6. The summed E-state index contributed by atoms with van der Waals surface area (Å²) >= 11 is 4.93. The van der Waals surface area contributed by atoms with Crippen LogP contribution in [0.1, 0.15) is 0 Å². The molecule has 4 N–H and O–H groups in total. The molecule has 0 heterocycles. The maximum atomic E-state index is 4.93. The Balaban J connectivity index is 2.32. The smallest absolute Gasteiger partial charge is 0.327 e. The Labute approximate surface area is 31.2 Å². The van der Waals surface area contributed by atoms with Crippen LogP contribution in [-0.2, 0) is 0 Å². The summed E-state index contributed by atoms with van der Waals surface area (Å²) in [5, 5.41) is 9.51. The van der Waals surface area contributed by atoms with Gasteiger partial charge in [-0.1, -0.05) is 0 Å². The Hall–Kier alpha value is 0.427. The minimum absolute atomic E-state index is 1.41. The van der Waals surface area contributed by atoms with Crippen LogP contribution < -0.4 is 10.8 Å². The molecule has 4 heteroatoms. The first-order valence-corrected chi connectivity index (χ1v) is 3.43. The number of hydrogen-bond acceptors (Lipinski definition) is 2. The fourth-order valence-corrected chi connectivity index (χ4v) is 0. The summed E-state index contributed by atoms with van der Waals surface area (Å²) in [7, 11) is -1.41. The predicted octanol–water partition coefficient (Wildman–Crippen LogP) is -0.873. The van der Waals surface area contributed by atoms with Gasteiger partial charge in [0.25, 0.3) is 0 Å². The maximum absolute atomic E-state index is 4.93. The van der Waals surface area contributed by atoms with Crippen molar-refractivity contribution in [3.8, 4) is 0 Å². The van der Waals surface area contributed by atoms with Crippen molar-refractivity contribution in [2.24, 2.45) is 10.8 Å². The van der Waals surface area contributed by atoms with Crippen molar-refractivity contribution < 1.29 is 0 Å². The first-order valence-electron chi connectivity index (χ1n) is 0.766. The van der Waals surface area contributed by atoms with Gasteiger partial charge in [-0.3, -0.25) is 0 Å². The zero-order valence-corrected chi connectivity index (χ0v) is 3.79. The molecule has 25 valence electrons. The molecule has 1 radical (unpaired) electrons. The van der Waals surface area contributed by atoms with Gasteiger partial charge < -0.3 is 10.8 Å². The van der Waals surface area contributed by atoms with E-state index in [1.54, 1.807) is 0 Å². The number of nitrogens with two attached hydrogens (primary N) is 2. The Morgan fingerprint density at radius 3 is 1.50 bits per heavy atom. The number of rotatable bonds is 0. The number of halogens is 1. The second kappa shape index (κ2) is 1.72. The van der Waals surface area contributed by atoms with Crippen LogP contribution in [0.4, 0.5) is 0 Å². The third-order valence-electron chi connectivity index (χ3n) is 0. The van der Waals surface area contributed by atoms with E-state index in [0.29, 0.717) is 0 Å². The molecule has 0 aliphatic carbocycles. The monoisotopic (exact) mass is 95.0 g/mol. The molecule has 0 aromatic carbocycles. The summed E-state index contributed by atoms with van der Waals surface area (Å²) < 4.78 is 0. The molecule has 4 heavy (non-hydrogen) atoms. The maximum Gasteiger partial charge on any atom is 0.333 e. The molecule has 0 aromatic rings. The predicted molar refractivity (Wildman–Crippen MR) is 20.0 cm³/mol. The van der Waals surface area contributed by atoms with E-state index in [-0.39, 0.29) is 0 Å². The van der Waals surface area contributed by atoms with Gasteiger partial charge in [0.2, 0.25) is 0 Å². The summed E-state index contributed by atoms with van der Waals surface area (Å²) in [6, 6.07) is 0. The van der Waals surface area contributed by atoms with Gasteiger partial charge in [0.15, 0.2) is 0 Å². The van der Waals surface area contributed by atoms with Gasteiger partial charge in [-0.05, 0) is 0 Å². The van der Waals surface area contributed by atoms with E-state index < -0.39 is 8.43 Å². The van der Waals surface area contributed by atoms with E-state index in [2.05, 4.69) is 0 Å². The van der Waals surface area contributed by atoms with Crippen molar-refractivity contribution >= 4 is 19.5 Å². The van der Waals surface area contributed by atoms with E-state index in [1.807, 2.05) is 0 Å². The molecule has 0 unspecified atom stereocenters. The molecular weight excluding hydrogens is 91.6 g/mol. The molecule has 0 aromatic heterocycles. The fraction of sp³-hybridized carbons (Fsp3) is 0. The molecule has 0 spiro atoms. The van der Waals surface area contributed by atoms with E-state index >= 15 is 0 Å². The third kappa shape index (κ3) is 27.1. The Kier molecular flexibility index (Phi) is 1.90. The molecular formula is H4ClN2Si. The largest absolute Gasteiger partial charge is 0.333 e. The van der Waals surface area contributed by atoms with Crippen LogP contribution in [-0.4, -0.2) is 8.43 Å². The molecule has 0 amide bonds. The fourth-order valence-electron chi connectivity index (χ4n) is 0. The summed E-state index contributed by atoms with van der Waals surface area (Å²) in [5.74, 6) is 0.